The van der Waals surface area contributed by atoms with Crippen molar-refractivity contribution in [3.05, 3.63) is 69.0 Å². The monoisotopic (exact) mass is 525 g/mol. The summed E-state index contributed by atoms with van der Waals surface area (Å²) in [7, 11) is 0. The van der Waals surface area contributed by atoms with Crippen LogP contribution in [0.4, 0.5) is 0 Å². The molecule has 0 unspecified atom stereocenters. The van der Waals surface area contributed by atoms with E-state index < -0.39 is 5.41 Å². The van der Waals surface area contributed by atoms with Crippen LogP contribution in [0.5, 0.6) is 0 Å². The molecule has 2 aromatic carbocycles. The Labute approximate surface area is 220 Å². The number of Topliss-reactive ketones (excluding diaryl/α,β-unsaturated/α-hetero) is 1. The number of carbonyl (C=O) groups excluding carboxylic acids is 2. The van der Waals surface area contributed by atoms with Crippen molar-refractivity contribution in [1.29, 1.82) is 0 Å². The molecule has 6 nitrogen and oxygen atoms in total. The van der Waals surface area contributed by atoms with E-state index in [1.165, 1.54) is 18.2 Å². The first-order valence-electron chi connectivity index (χ1n) is 12.4. The number of carbonyl (C=O) groups is 2. The van der Waals surface area contributed by atoms with Crippen LogP contribution in [0.3, 0.4) is 0 Å². The Morgan fingerprint density at radius 2 is 1.86 bits per heavy atom. The van der Waals surface area contributed by atoms with E-state index in [9.17, 15) is 14.4 Å². The molecule has 8 heteroatoms. The van der Waals surface area contributed by atoms with E-state index >= 15 is 0 Å². The average Bonchev–Trinajstić information content (AvgIpc) is 2.85. The molecule has 1 fully saturated rings. The van der Waals surface area contributed by atoms with Crippen LogP contribution in [0.1, 0.15) is 74.8 Å². The second-order valence-electron chi connectivity index (χ2n) is 10.4. The van der Waals surface area contributed by atoms with Gasteiger partial charge in [0.15, 0.2) is 5.16 Å². The van der Waals surface area contributed by atoms with Crippen molar-refractivity contribution in [3.8, 4) is 0 Å². The summed E-state index contributed by atoms with van der Waals surface area (Å²) < 4.78 is 1.79. The Balaban J connectivity index is 1.65. The molecular formula is C28H32ClN3O3S. The molecule has 1 aliphatic rings. The number of hydrogen-bond acceptors (Lipinski definition) is 5. The first-order chi connectivity index (χ1) is 17.1. The van der Waals surface area contributed by atoms with E-state index in [-0.39, 0.29) is 29.0 Å². The van der Waals surface area contributed by atoms with Gasteiger partial charge in [0.25, 0.3) is 11.5 Å². The molecule has 190 valence electrons. The number of nitrogens with one attached hydrogen (secondary N) is 1. The van der Waals surface area contributed by atoms with Crippen molar-refractivity contribution >= 4 is 46.0 Å². The van der Waals surface area contributed by atoms with Gasteiger partial charge < -0.3 is 5.32 Å². The highest BCUT2D eigenvalue weighted by Gasteiger charge is 2.25. The number of hydrogen-bond donors (Lipinski definition) is 1. The third kappa shape index (κ3) is 6.19. The maximum Gasteiger partial charge on any atom is 0.262 e. The van der Waals surface area contributed by atoms with Crippen molar-refractivity contribution < 1.29 is 9.59 Å². The standard InChI is InChI=1S/C28H32ClN3O3S/c1-28(2,3)24(33)17-36-27-31-23-15-19(25(34)30-16-18-8-7-9-20(29)14-18)12-13-22(23)26(35)32(27)21-10-5-4-6-11-21/h7-9,12-15,21H,4-6,10-11,16-17H2,1-3H3,(H,30,34). The summed E-state index contributed by atoms with van der Waals surface area (Å²) in [4.78, 5) is 43.9. The van der Waals surface area contributed by atoms with Gasteiger partial charge >= 0.3 is 0 Å². The number of aromatic nitrogens is 2. The number of halogens is 1. The first kappa shape index (κ1) is 26.4. The van der Waals surface area contributed by atoms with Crippen LogP contribution in [-0.4, -0.2) is 27.0 Å². The summed E-state index contributed by atoms with van der Waals surface area (Å²) >= 11 is 7.35. The highest BCUT2D eigenvalue weighted by Crippen LogP contribution is 2.32. The Bertz CT molecular complexity index is 1340. The maximum atomic E-state index is 13.6. The second-order valence-corrected chi connectivity index (χ2v) is 11.7. The van der Waals surface area contributed by atoms with E-state index in [4.69, 9.17) is 16.6 Å². The van der Waals surface area contributed by atoms with Crippen molar-refractivity contribution in [1.82, 2.24) is 14.9 Å². The number of ketones is 1. The largest absolute Gasteiger partial charge is 0.348 e. The Kier molecular flexibility index (Phi) is 8.20. The van der Waals surface area contributed by atoms with Crippen LogP contribution in [0.2, 0.25) is 5.02 Å². The Hall–Kier alpha value is -2.64. The molecule has 3 aromatic rings. The molecular weight excluding hydrogens is 494 g/mol. The number of rotatable bonds is 7. The minimum absolute atomic E-state index is 0.0797. The molecule has 1 aliphatic carbocycles. The van der Waals surface area contributed by atoms with Gasteiger partial charge in [0, 0.05) is 28.6 Å². The normalized spacial score (nSPS) is 14.7. The number of thioether (sulfide) groups is 1. The van der Waals surface area contributed by atoms with Gasteiger partial charge in [-0.3, -0.25) is 19.0 Å². The molecule has 1 aromatic heterocycles. The predicted octanol–water partition coefficient (Wildman–Crippen LogP) is 6.19. The summed E-state index contributed by atoms with van der Waals surface area (Å²) in [6, 6.07) is 12.4. The van der Waals surface area contributed by atoms with E-state index in [0.29, 0.717) is 33.2 Å². The van der Waals surface area contributed by atoms with E-state index in [1.54, 1.807) is 34.9 Å². The fourth-order valence-corrected chi connectivity index (χ4v) is 5.80. The molecule has 0 spiro atoms. The van der Waals surface area contributed by atoms with Gasteiger partial charge in [-0.2, -0.15) is 0 Å². The third-order valence-electron chi connectivity index (χ3n) is 6.58. The van der Waals surface area contributed by atoms with Gasteiger partial charge in [0.05, 0.1) is 16.7 Å². The number of benzene rings is 2. The zero-order valence-electron chi connectivity index (χ0n) is 21.0. The summed E-state index contributed by atoms with van der Waals surface area (Å²) in [6.45, 7) is 6.02. The lowest BCUT2D eigenvalue weighted by atomic mass is 9.92. The molecule has 0 saturated heterocycles. The smallest absolute Gasteiger partial charge is 0.262 e. The second kappa shape index (κ2) is 11.2. The van der Waals surface area contributed by atoms with Gasteiger partial charge in [0.1, 0.15) is 5.78 Å². The Morgan fingerprint density at radius 1 is 1.11 bits per heavy atom. The molecule has 1 N–H and O–H groups in total. The molecule has 1 heterocycles. The fraction of sp³-hybridized carbons (Fsp3) is 0.429. The molecule has 1 saturated carbocycles. The molecule has 0 bridgehead atoms. The van der Waals surface area contributed by atoms with Crippen molar-refractivity contribution in [2.75, 3.05) is 5.75 Å². The zero-order chi connectivity index (χ0) is 25.9. The van der Waals surface area contributed by atoms with Crippen LogP contribution in [0.15, 0.2) is 52.4 Å². The van der Waals surface area contributed by atoms with Crippen molar-refractivity contribution in [3.63, 3.8) is 0 Å². The highest BCUT2D eigenvalue weighted by molar-refractivity contribution is 7.99. The average molecular weight is 526 g/mol. The van der Waals surface area contributed by atoms with Crippen LogP contribution in [0, 0.1) is 5.41 Å². The minimum atomic E-state index is -0.464. The third-order valence-corrected chi connectivity index (χ3v) is 7.77. The van der Waals surface area contributed by atoms with Gasteiger partial charge in [0.2, 0.25) is 0 Å². The summed E-state index contributed by atoms with van der Waals surface area (Å²) in [5.41, 5.74) is 1.21. The van der Waals surface area contributed by atoms with Gasteiger partial charge in [-0.1, -0.05) is 75.5 Å². The lowest BCUT2D eigenvalue weighted by Gasteiger charge is -2.26. The SMILES string of the molecule is CC(C)(C)C(=O)CSc1nc2cc(C(=O)NCc3cccc(Cl)c3)ccc2c(=O)n1C1CCCCC1. The molecule has 0 radical (unpaired) electrons. The van der Waals surface area contributed by atoms with Crippen LogP contribution >= 0.6 is 23.4 Å². The number of nitrogens with zero attached hydrogens (tertiary/aromatic N) is 2. The van der Waals surface area contributed by atoms with E-state index in [2.05, 4.69) is 5.32 Å². The zero-order valence-corrected chi connectivity index (χ0v) is 22.5. The lowest BCUT2D eigenvalue weighted by molar-refractivity contribution is -0.123. The van der Waals surface area contributed by atoms with Crippen molar-refractivity contribution in [2.24, 2.45) is 5.41 Å². The highest BCUT2D eigenvalue weighted by atomic mass is 35.5. The van der Waals surface area contributed by atoms with E-state index in [1.807, 2.05) is 32.9 Å². The fourth-order valence-electron chi connectivity index (χ4n) is 4.36. The Morgan fingerprint density at radius 3 is 2.56 bits per heavy atom. The lowest BCUT2D eigenvalue weighted by Crippen LogP contribution is -2.30. The van der Waals surface area contributed by atoms with Crippen LogP contribution < -0.4 is 10.9 Å². The number of fused-ring (bicyclic) bond motifs is 1. The summed E-state index contributed by atoms with van der Waals surface area (Å²) in [5.74, 6) is 0.0898. The quantitative estimate of drug-likeness (QED) is 0.294. The molecule has 0 aliphatic heterocycles. The molecule has 36 heavy (non-hydrogen) atoms. The molecule has 1 amide bonds. The van der Waals surface area contributed by atoms with Crippen LogP contribution in [0.25, 0.3) is 10.9 Å². The van der Waals surface area contributed by atoms with Crippen molar-refractivity contribution in [2.45, 2.75) is 70.6 Å². The predicted molar refractivity (Wildman–Crippen MR) is 146 cm³/mol. The first-order valence-corrected chi connectivity index (χ1v) is 13.7. The summed E-state index contributed by atoms with van der Waals surface area (Å²) in [6.07, 6.45) is 5.18. The van der Waals surface area contributed by atoms with Gasteiger partial charge in [-0.25, -0.2) is 4.98 Å². The van der Waals surface area contributed by atoms with Gasteiger partial charge in [-0.15, -0.1) is 0 Å². The minimum Gasteiger partial charge on any atom is -0.348 e. The topological polar surface area (TPSA) is 81.1 Å². The molecule has 4 rings (SSSR count). The van der Waals surface area contributed by atoms with Crippen LogP contribution in [-0.2, 0) is 11.3 Å². The van der Waals surface area contributed by atoms with Gasteiger partial charge in [-0.05, 0) is 48.7 Å². The summed E-state index contributed by atoms with van der Waals surface area (Å²) in [5, 5.41) is 4.54. The van der Waals surface area contributed by atoms with E-state index in [0.717, 1.165) is 31.2 Å². The number of amides is 1. The molecule has 0 atom stereocenters. The maximum absolute atomic E-state index is 13.6.